The first-order chi connectivity index (χ1) is 13.3. The Labute approximate surface area is 163 Å². The highest BCUT2D eigenvalue weighted by atomic mass is 33.1. The van der Waals surface area contributed by atoms with E-state index in [0.29, 0.717) is 4.90 Å². The van der Waals surface area contributed by atoms with Crippen LogP contribution in [0.4, 0.5) is 5.69 Å². The predicted octanol–water partition coefficient (Wildman–Crippen LogP) is -0.480. The van der Waals surface area contributed by atoms with Crippen molar-refractivity contribution in [1.29, 1.82) is 0 Å². The normalized spacial score (nSPS) is 25.5. The highest BCUT2D eigenvalue weighted by molar-refractivity contribution is 8.69. The second-order valence-corrected chi connectivity index (χ2v) is 9.00. The summed E-state index contributed by atoms with van der Waals surface area (Å²) in [6.45, 7) is -0.564. The van der Waals surface area contributed by atoms with Gasteiger partial charge in [-0.1, -0.05) is 0 Å². The molecule has 11 nitrogen and oxygen atoms in total. The van der Waals surface area contributed by atoms with Crippen LogP contribution in [0.15, 0.2) is 51.0 Å². The molecular weight excluding hydrogens is 414 g/mol. The Kier molecular flexibility index (Phi) is 6.10. The summed E-state index contributed by atoms with van der Waals surface area (Å²) < 4.78 is 19.4. The fourth-order valence-corrected chi connectivity index (χ4v) is 5.90. The SMILES string of the molecule is O=c1ccn([C@@H]2O[C@H](CO)[C@H](O)C2S(=O)Sc2ccc([N+](=O)[O-])cc2)c(=O)[nH]1. The van der Waals surface area contributed by atoms with Crippen LogP contribution in [-0.4, -0.2) is 53.0 Å². The number of benzene rings is 1. The molecule has 150 valence electrons. The van der Waals surface area contributed by atoms with Crippen LogP contribution in [0.3, 0.4) is 0 Å². The first kappa shape index (κ1) is 20.4. The first-order valence-electron chi connectivity index (χ1n) is 7.91. The maximum atomic E-state index is 12.9. The minimum atomic E-state index is -1.85. The second-order valence-electron chi connectivity index (χ2n) is 5.82. The summed E-state index contributed by atoms with van der Waals surface area (Å²) in [6, 6.07) is 6.40. The number of H-pyrrole nitrogens is 1. The minimum Gasteiger partial charge on any atom is -0.394 e. The molecule has 28 heavy (non-hydrogen) atoms. The number of hydrogen-bond donors (Lipinski definition) is 3. The molecule has 1 aliphatic heterocycles. The van der Waals surface area contributed by atoms with E-state index in [1.807, 2.05) is 4.98 Å². The van der Waals surface area contributed by atoms with Gasteiger partial charge in [0.05, 0.1) is 21.4 Å². The number of aliphatic hydroxyl groups excluding tert-OH is 2. The van der Waals surface area contributed by atoms with E-state index < -0.39 is 56.3 Å². The van der Waals surface area contributed by atoms with Crippen molar-refractivity contribution in [1.82, 2.24) is 9.55 Å². The Hall–Kier alpha value is -2.32. The quantitative estimate of drug-likeness (QED) is 0.312. The molecule has 0 saturated carbocycles. The monoisotopic (exact) mass is 429 g/mol. The molecule has 3 rings (SSSR count). The van der Waals surface area contributed by atoms with Crippen molar-refractivity contribution in [3.8, 4) is 0 Å². The Bertz CT molecular complexity index is 1010. The van der Waals surface area contributed by atoms with E-state index in [4.69, 9.17) is 4.74 Å². The van der Waals surface area contributed by atoms with Crippen LogP contribution in [0.1, 0.15) is 6.23 Å². The summed E-state index contributed by atoms with van der Waals surface area (Å²) in [4.78, 5) is 36.0. The Morgan fingerprint density at radius 3 is 2.54 bits per heavy atom. The van der Waals surface area contributed by atoms with E-state index in [1.165, 1.54) is 24.3 Å². The van der Waals surface area contributed by atoms with Gasteiger partial charge in [-0.15, -0.1) is 0 Å². The average molecular weight is 429 g/mol. The number of aromatic nitrogens is 2. The lowest BCUT2D eigenvalue weighted by Gasteiger charge is -2.20. The zero-order valence-electron chi connectivity index (χ0n) is 14.0. The lowest BCUT2D eigenvalue weighted by Crippen LogP contribution is -2.39. The van der Waals surface area contributed by atoms with Gasteiger partial charge >= 0.3 is 5.69 Å². The van der Waals surface area contributed by atoms with Gasteiger partial charge in [0.1, 0.15) is 17.5 Å². The molecule has 1 aromatic heterocycles. The lowest BCUT2D eigenvalue weighted by atomic mass is 10.2. The predicted molar refractivity (Wildman–Crippen MR) is 99.2 cm³/mol. The summed E-state index contributed by atoms with van der Waals surface area (Å²) in [5.41, 5.74) is -1.57. The van der Waals surface area contributed by atoms with Crippen LogP contribution in [0.5, 0.6) is 0 Å². The van der Waals surface area contributed by atoms with E-state index in [9.17, 15) is 34.1 Å². The maximum Gasteiger partial charge on any atom is 0.330 e. The molecule has 3 N–H and O–H groups in total. The number of nitrogens with one attached hydrogen (secondary N) is 1. The molecule has 2 aromatic rings. The van der Waals surface area contributed by atoms with E-state index in [0.717, 1.165) is 27.6 Å². The smallest absolute Gasteiger partial charge is 0.330 e. The largest absolute Gasteiger partial charge is 0.394 e. The summed E-state index contributed by atoms with van der Waals surface area (Å²) in [5, 5.41) is 29.4. The van der Waals surface area contributed by atoms with Crippen molar-refractivity contribution in [3.63, 3.8) is 0 Å². The van der Waals surface area contributed by atoms with Gasteiger partial charge in [-0.3, -0.25) is 24.5 Å². The van der Waals surface area contributed by atoms with Gasteiger partial charge in [-0.05, 0) is 22.9 Å². The molecule has 1 fully saturated rings. The standard InChI is InChI=1S/C15H15N3O8S2/c19-7-10-12(21)13(14(26-10)17-6-5-11(20)16-15(17)22)28(25)27-9-3-1-8(2-4-9)18(23)24/h1-6,10,12-14,19,21H,7H2,(H,16,20,22)/t10-,12+,13?,14-,28?/m1/s1. The van der Waals surface area contributed by atoms with Crippen molar-refractivity contribution in [2.75, 3.05) is 6.61 Å². The summed E-state index contributed by atoms with van der Waals surface area (Å²) in [6.07, 6.45) is -2.46. The summed E-state index contributed by atoms with van der Waals surface area (Å²) in [5.74, 6) is 0. The van der Waals surface area contributed by atoms with Gasteiger partial charge in [-0.2, -0.15) is 0 Å². The highest BCUT2D eigenvalue weighted by Gasteiger charge is 2.48. The molecule has 0 aliphatic carbocycles. The summed E-state index contributed by atoms with van der Waals surface area (Å²) in [7, 11) is -1.03. The molecule has 2 unspecified atom stereocenters. The third-order valence-corrected chi connectivity index (χ3v) is 7.39. The molecule has 0 amide bonds. The van der Waals surface area contributed by atoms with Crippen LogP contribution in [-0.2, 0) is 14.6 Å². The highest BCUT2D eigenvalue weighted by Crippen LogP contribution is 2.38. The van der Waals surface area contributed by atoms with E-state index in [-0.39, 0.29) is 5.69 Å². The van der Waals surface area contributed by atoms with Crippen molar-refractivity contribution >= 4 is 26.3 Å². The first-order valence-corrected chi connectivity index (χ1v) is 10.5. The lowest BCUT2D eigenvalue weighted by molar-refractivity contribution is -0.384. The molecular formula is C15H15N3O8S2. The molecule has 0 spiro atoms. The Morgan fingerprint density at radius 2 is 1.96 bits per heavy atom. The number of aromatic amines is 1. The van der Waals surface area contributed by atoms with Crippen LogP contribution in [0.2, 0.25) is 0 Å². The molecule has 0 radical (unpaired) electrons. The van der Waals surface area contributed by atoms with Crippen LogP contribution in [0.25, 0.3) is 0 Å². The minimum absolute atomic E-state index is 0.127. The van der Waals surface area contributed by atoms with Gasteiger partial charge in [0, 0.05) is 29.3 Å². The zero-order chi connectivity index (χ0) is 20.4. The van der Waals surface area contributed by atoms with E-state index in [1.54, 1.807) is 0 Å². The van der Waals surface area contributed by atoms with Crippen LogP contribution < -0.4 is 11.2 Å². The molecule has 2 heterocycles. The van der Waals surface area contributed by atoms with Gasteiger partial charge < -0.3 is 14.9 Å². The summed E-state index contributed by atoms with van der Waals surface area (Å²) >= 11 is 0. The van der Waals surface area contributed by atoms with Crippen molar-refractivity contribution in [2.24, 2.45) is 0 Å². The number of rotatable bonds is 6. The van der Waals surface area contributed by atoms with Gasteiger partial charge in [0.15, 0.2) is 6.23 Å². The fraction of sp³-hybridized carbons (Fsp3) is 0.333. The van der Waals surface area contributed by atoms with Crippen molar-refractivity contribution in [2.45, 2.75) is 28.6 Å². The molecule has 1 saturated heterocycles. The zero-order valence-corrected chi connectivity index (χ0v) is 15.7. The number of hydrogen-bond acceptors (Lipinski definition) is 9. The number of nitrogens with zero attached hydrogens (tertiary/aromatic N) is 2. The van der Waals surface area contributed by atoms with Gasteiger partial charge in [0.25, 0.3) is 11.2 Å². The van der Waals surface area contributed by atoms with Gasteiger partial charge in [-0.25, -0.2) is 9.00 Å². The molecule has 1 aliphatic rings. The van der Waals surface area contributed by atoms with Crippen LogP contribution in [0, 0.1) is 10.1 Å². The average Bonchev–Trinajstić information content (AvgIpc) is 2.98. The maximum absolute atomic E-state index is 12.9. The second kappa shape index (κ2) is 8.36. The number of ether oxygens (including phenoxy) is 1. The topological polar surface area (TPSA) is 165 Å². The molecule has 0 bridgehead atoms. The van der Waals surface area contributed by atoms with Crippen LogP contribution >= 0.6 is 10.8 Å². The van der Waals surface area contributed by atoms with Crippen molar-refractivity contribution < 1.29 is 24.1 Å². The number of nitro benzene ring substituents is 1. The van der Waals surface area contributed by atoms with E-state index >= 15 is 0 Å². The molecule has 5 atom stereocenters. The third kappa shape index (κ3) is 4.07. The number of non-ortho nitro benzene ring substituents is 1. The molecule has 1 aromatic carbocycles. The van der Waals surface area contributed by atoms with Crippen molar-refractivity contribution in [3.05, 3.63) is 67.5 Å². The molecule has 13 heteroatoms. The third-order valence-electron chi connectivity index (χ3n) is 4.07. The van der Waals surface area contributed by atoms with Gasteiger partial charge in [0.2, 0.25) is 0 Å². The Balaban J connectivity index is 1.89. The fourth-order valence-electron chi connectivity index (χ4n) is 2.70. The Morgan fingerprint density at radius 1 is 1.29 bits per heavy atom. The number of aliphatic hydroxyl groups is 2. The number of nitro groups is 1. The van der Waals surface area contributed by atoms with E-state index in [2.05, 4.69) is 0 Å².